The molecule has 0 fully saturated rings. The first-order chi connectivity index (χ1) is 15.6. The van der Waals surface area contributed by atoms with Crippen molar-refractivity contribution in [3.63, 3.8) is 0 Å². The minimum Gasteiger partial charge on any atom is -0.329 e. The van der Waals surface area contributed by atoms with Crippen molar-refractivity contribution in [2.75, 3.05) is 0 Å². The van der Waals surface area contributed by atoms with Crippen LogP contribution in [-0.4, -0.2) is 15.6 Å². The molecule has 164 valence electrons. The van der Waals surface area contributed by atoms with Crippen LogP contribution >= 0.6 is 23.2 Å². The van der Waals surface area contributed by atoms with Crippen LogP contribution in [0.5, 0.6) is 0 Å². The lowest BCUT2D eigenvalue weighted by atomic mass is 10.0. The van der Waals surface area contributed by atoms with Gasteiger partial charge < -0.3 is 9.88 Å². The largest absolute Gasteiger partial charge is 0.329 e. The molecule has 4 nitrogen and oxygen atoms in total. The highest BCUT2D eigenvalue weighted by atomic mass is 35.5. The zero-order valence-electron chi connectivity index (χ0n) is 17.9. The summed E-state index contributed by atoms with van der Waals surface area (Å²) in [6.45, 7) is 1.50. The number of allylic oxidation sites excluding steroid dienone is 1. The third-order valence-corrected chi connectivity index (χ3v) is 6.27. The van der Waals surface area contributed by atoms with Gasteiger partial charge in [0, 0.05) is 35.4 Å². The summed E-state index contributed by atoms with van der Waals surface area (Å²) in [6.07, 6.45) is 11.7. The summed E-state index contributed by atoms with van der Waals surface area (Å²) in [6, 6.07) is 16.0. The fourth-order valence-electron chi connectivity index (χ4n) is 4.21. The molecule has 0 aliphatic heterocycles. The molecule has 4 rings (SSSR count). The summed E-state index contributed by atoms with van der Waals surface area (Å²) in [7, 11) is 0. The number of benzene rings is 2. The molecule has 2 aromatic carbocycles. The van der Waals surface area contributed by atoms with E-state index in [0.29, 0.717) is 21.7 Å². The molecule has 1 unspecified atom stereocenters. The van der Waals surface area contributed by atoms with E-state index in [4.69, 9.17) is 28.5 Å². The topological polar surface area (TPSA) is 53.6 Å². The number of aromatic nitrogens is 2. The second-order valence-corrected chi connectivity index (χ2v) is 9.21. The third-order valence-electron chi connectivity index (χ3n) is 5.83. The molecule has 1 aromatic heterocycles. The third kappa shape index (κ3) is 6.23. The Kier molecular flexibility index (Phi) is 7.65. The molecule has 0 amide bonds. The Balaban J connectivity index is 1.40. The highest BCUT2D eigenvalue weighted by Gasteiger charge is 2.14. The quantitative estimate of drug-likeness (QED) is 0.416. The van der Waals surface area contributed by atoms with Gasteiger partial charge in [0.05, 0.1) is 23.7 Å². The Morgan fingerprint density at radius 3 is 2.59 bits per heavy atom. The zero-order valence-corrected chi connectivity index (χ0v) is 19.4. The molecule has 0 saturated carbocycles. The molecule has 1 heterocycles. The van der Waals surface area contributed by atoms with E-state index in [1.165, 1.54) is 18.4 Å². The molecule has 1 N–H and O–H groups in total. The fraction of sp³-hybridized carbons (Fsp3) is 0.308. The molecule has 1 atom stereocenters. The van der Waals surface area contributed by atoms with Crippen LogP contribution in [-0.2, 0) is 19.5 Å². The maximum absolute atomic E-state index is 8.98. The van der Waals surface area contributed by atoms with Crippen molar-refractivity contribution in [1.29, 1.82) is 5.26 Å². The first-order valence-electron chi connectivity index (χ1n) is 10.9. The number of hydrogen-bond donors (Lipinski definition) is 1. The predicted octanol–water partition coefficient (Wildman–Crippen LogP) is 6.31. The van der Waals surface area contributed by atoms with E-state index in [1.807, 2.05) is 48.9 Å². The van der Waals surface area contributed by atoms with Gasteiger partial charge in [-0.2, -0.15) is 5.26 Å². The van der Waals surface area contributed by atoms with Crippen molar-refractivity contribution in [2.45, 2.75) is 51.2 Å². The summed E-state index contributed by atoms with van der Waals surface area (Å²) in [5.41, 5.74) is 5.58. The van der Waals surface area contributed by atoms with Crippen molar-refractivity contribution < 1.29 is 0 Å². The van der Waals surface area contributed by atoms with Gasteiger partial charge in [-0.1, -0.05) is 53.4 Å². The van der Waals surface area contributed by atoms with E-state index in [2.05, 4.69) is 27.0 Å². The predicted molar refractivity (Wildman–Crippen MR) is 130 cm³/mol. The molecule has 0 saturated heterocycles. The number of nitriles is 1. The average Bonchev–Trinajstić information content (AvgIpc) is 3.09. The first kappa shape index (κ1) is 22.6. The Morgan fingerprint density at radius 2 is 1.84 bits per heavy atom. The molecule has 6 heteroatoms. The lowest BCUT2D eigenvalue weighted by Crippen LogP contribution is -2.27. The van der Waals surface area contributed by atoms with Gasteiger partial charge >= 0.3 is 0 Å². The number of imidazole rings is 1. The summed E-state index contributed by atoms with van der Waals surface area (Å²) >= 11 is 12.4. The Morgan fingerprint density at radius 1 is 1.06 bits per heavy atom. The number of nitrogens with zero attached hydrogens (tertiary/aromatic N) is 3. The van der Waals surface area contributed by atoms with Crippen LogP contribution in [0, 0.1) is 11.3 Å². The Hall–Kier alpha value is -2.58. The normalized spacial score (nSPS) is 16.3. The van der Waals surface area contributed by atoms with Crippen LogP contribution in [0.1, 0.15) is 48.1 Å². The Labute approximate surface area is 199 Å². The van der Waals surface area contributed by atoms with Gasteiger partial charge in [0.15, 0.2) is 0 Å². The molecule has 0 bridgehead atoms. The molecule has 1 aliphatic rings. The standard InChI is InChI=1S/C26H26Cl2N4/c27-23-10-22(11-24(28)13-23)9-21-3-1-2-4-25(12-21)31-16-26-15-30-18-32(26)17-20-7-5-19(14-29)6-8-20/h5-8,10-13,15,18,25,31H,1-4,9,16-17H2. The highest BCUT2D eigenvalue weighted by molar-refractivity contribution is 6.34. The Bertz CT molecular complexity index is 1110. The minimum atomic E-state index is 0.334. The van der Waals surface area contributed by atoms with Crippen LogP contribution in [0.3, 0.4) is 0 Å². The van der Waals surface area contributed by atoms with Crippen LogP contribution in [0.15, 0.2) is 66.6 Å². The monoisotopic (exact) mass is 464 g/mol. The number of halogens is 2. The highest BCUT2D eigenvalue weighted by Crippen LogP contribution is 2.25. The van der Waals surface area contributed by atoms with Gasteiger partial charge in [0.25, 0.3) is 0 Å². The van der Waals surface area contributed by atoms with Crippen molar-refractivity contribution in [3.05, 3.63) is 99.1 Å². The van der Waals surface area contributed by atoms with E-state index < -0.39 is 0 Å². The van der Waals surface area contributed by atoms with Crippen LogP contribution < -0.4 is 5.32 Å². The summed E-state index contributed by atoms with van der Waals surface area (Å²) < 4.78 is 2.16. The lowest BCUT2D eigenvalue weighted by Gasteiger charge is -2.16. The van der Waals surface area contributed by atoms with Gasteiger partial charge in [-0.05, 0) is 67.1 Å². The van der Waals surface area contributed by atoms with Gasteiger partial charge in [0.2, 0.25) is 0 Å². The number of rotatable bonds is 7. The molecule has 32 heavy (non-hydrogen) atoms. The fourth-order valence-corrected chi connectivity index (χ4v) is 4.78. The lowest BCUT2D eigenvalue weighted by molar-refractivity contribution is 0.525. The molecule has 3 aromatic rings. The van der Waals surface area contributed by atoms with Crippen molar-refractivity contribution in [2.24, 2.45) is 0 Å². The van der Waals surface area contributed by atoms with Crippen molar-refractivity contribution >= 4 is 23.2 Å². The van der Waals surface area contributed by atoms with E-state index in [9.17, 15) is 0 Å². The van der Waals surface area contributed by atoms with Crippen LogP contribution in [0.25, 0.3) is 0 Å². The smallest absolute Gasteiger partial charge is 0.0991 e. The van der Waals surface area contributed by atoms with Crippen LogP contribution in [0.4, 0.5) is 0 Å². The number of nitrogens with one attached hydrogen (secondary N) is 1. The molecular weight excluding hydrogens is 439 g/mol. The minimum absolute atomic E-state index is 0.334. The second kappa shape index (κ2) is 10.8. The zero-order chi connectivity index (χ0) is 22.3. The van der Waals surface area contributed by atoms with Crippen LogP contribution in [0.2, 0.25) is 10.0 Å². The maximum atomic E-state index is 8.98. The van der Waals surface area contributed by atoms with Gasteiger partial charge in [-0.15, -0.1) is 0 Å². The molecule has 1 aliphatic carbocycles. The molecule has 0 radical (unpaired) electrons. The summed E-state index contributed by atoms with van der Waals surface area (Å²) in [5.74, 6) is 0. The van der Waals surface area contributed by atoms with Gasteiger partial charge in [-0.25, -0.2) is 4.98 Å². The van der Waals surface area contributed by atoms with E-state index in [-0.39, 0.29) is 0 Å². The van der Waals surface area contributed by atoms with E-state index in [1.54, 1.807) is 6.07 Å². The van der Waals surface area contributed by atoms with E-state index >= 15 is 0 Å². The second-order valence-electron chi connectivity index (χ2n) is 8.33. The number of hydrogen-bond acceptors (Lipinski definition) is 3. The first-order valence-corrected chi connectivity index (χ1v) is 11.7. The summed E-state index contributed by atoms with van der Waals surface area (Å²) in [4.78, 5) is 4.35. The van der Waals surface area contributed by atoms with Gasteiger partial charge in [0.1, 0.15) is 0 Å². The molecular formula is C26H26Cl2N4. The van der Waals surface area contributed by atoms with E-state index in [0.717, 1.165) is 49.2 Å². The van der Waals surface area contributed by atoms with Crippen molar-refractivity contribution in [1.82, 2.24) is 14.9 Å². The van der Waals surface area contributed by atoms with Crippen molar-refractivity contribution in [3.8, 4) is 6.07 Å². The SMILES string of the molecule is N#Cc1ccc(Cn2cncc2CNC2C=C(Cc3cc(Cl)cc(Cl)c3)CCCC2)cc1. The summed E-state index contributed by atoms with van der Waals surface area (Å²) in [5, 5.41) is 14.1. The van der Waals surface area contributed by atoms with Gasteiger partial charge in [-0.3, -0.25) is 0 Å². The maximum Gasteiger partial charge on any atom is 0.0991 e. The molecule has 0 spiro atoms. The average molecular weight is 465 g/mol.